The van der Waals surface area contributed by atoms with Gasteiger partial charge in [0.2, 0.25) is 0 Å². The number of H-pyrrole nitrogens is 2. The van der Waals surface area contributed by atoms with Gasteiger partial charge in [0, 0.05) is 29.1 Å². The molecule has 0 aliphatic carbocycles. The summed E-state index contributed by atoms with van der Waals surface area (Å²) in [6.07, 6.45) is 6.89. The number of furan rings is 1. The average molecular weight is 378 g/mol. The first kappa shape index (κ1) is 15.8. The van der Waals surface area contributed by atoms with Crippen LogP contribution in [0.15, 0.2) is 77.9 Å². The number of nitrogens with zero attached hydrogens (tertiary/aromatic N) is 4. The van der Waals surface area contributed by atoms with Crippen molar-refractivity contribution in [3.63, 3.8) is 0 Å². The largest absolute Gasteiger partial charge is 0.472 e. The van der Waals surface area contributed by atoms with Gasteiger partial charge in [0.1, 0.15) is 5.52 Å². The van der Waals surface area contributed by atoms with Crippen molar-refractivity contribution in [3.05, 3.63) is 73.5 Å². The molecule has 0 fully saturated rings. The van der Waals surface area contributed by atoms with Gasteiger partial charge in [-0.05, 0) is 36.4 Å². The van der Waals surface area contributed by atoms with Crippen LogP contribution < -0.4 is 0 Å². The molecule has 5 aromatic heterocycles. The highest BCUT2D eigenvalue weighted by Crippen LogP contribution is 2.31. The molecule has 0 saturated carbocycles. The lowest BCUT2D eigenvalue weighted by Gasteiger charge is -2.00. The maximum absolute atomic E-state index is 5.24. The zero-order valence-electron chi connectivity index (χ0n) is 15.1. The lowest BCUT2D eigenvalue weighted by atomic mass is 10.1. The number of pyridine rings is 2. The molecule has 138 valence electrons. The van der Waals surface area contributed by atoms with E-state index in [4.69, 9.17) is 14.4 Å². The SMILES string of the molecule is c1cc(-c2ccoc2)c2nc(-c3n[nH]c4ccc(-c5ccncc5)nc34)[nH]c2c1. The van der Waals surface area contributed by atoms with E-state index in [1.165, 1.54) is 0 Å². The molecule has 6 aromatic rings. The fourth-order valence-electron chi connectivity index (χ4n) is 3.54. The summed E-state index contributed by atoms with van der Waals surface area (Å²) in [6.45, 7) is 0. The molecule has 0 saturated heterocycles. The van der Waals surface area contributed by atoms with Gasteiger partial charge in [0.15, 0.2) is 11.5 Å². The fraction of sp³-hybridized carbons (Fsp3) is 0. The summed E-state index contributed by atoms with van der Waals surface area (Å²) in [6, 6.07) is 15.8. The minimum absolute atomic E-state index is 0.668. The van der Waals surface area contributed by atoms with Gasteiger partial charge in [-0.25, -0.2) is 9.97 Å². The van der Waals surface area contributed by atoms with Crippen molar-refractivity contribution < 1.29 is 4.42 Å². The van der Waals surface area contributed by atoms with Crippen molar-refractivity contribution in [3.8, 4) is 33.9 Å². The molecule has 0 spiro atoms. The van der Waals surface area contributed by atoms with Crippen molar-refractivity contribution in [1.82, 2.24) is 30.1 Å². The summed E-state index contributed by atoms with van der Waals surface area (Å²) in [5, 5.41) is 7.53. The smallest absolute Gasteiger partial charge is 0.161 e. The normalized spacial score (nSPS) is 11.4. The Bertz CT molecular complexity index is 1450. The Balaban J connectivity index is 1.53. The molecule has 7 nitrogen and oxygen atoms in total. The highest BCUT2D eigenvalue weighted by Gasteiger charge is 2.17. The predicted molar refractivity (Wildman–Crippen MR) is 110 cm³/mol. The molecule has 5 heterocycles. The number of rotatable bonds is 3. The first-order valence-corrected chi connectivity index (χ1v) is 9.14. The van der Waals surface area contributed by atoms with Gasteiger partial charge < -0.3 is 9.40 Å². The molecule has 0 bridgehead atoms. The number of hydrogen-bond donors (Lipinski definition) is 2. The Morgan fingerprint density at radius 1 is 0.793 bits per heavy atom. The predicted octanol–water partition coefficient (Wildman–Crippen LogP) is 4.82. The van der Waals surface area contributed by atoms with Gasteiger partial charge in [0.05, 0.1) is 34.8 Å². The number of para-hydroxylation sites is 1. The third kappa shape index (κ3) is 2.52. The van der Waals surface area contributed by atoms with E-state index in [1.54, 1.807) is 24.9 Å². The van der Waals surface area contributed by atoms with Gasteiger partial charge in [-0.2, -0.15) is 5.10 Å². The molecule has 0 atom stereocenters. The van der Waals surface area contributed by atoms with Crippen molar-refractivity contribution >= 4 is 22.1 Å². The van der Waals surface area contributed by atoms with Crippen molar-refractivity contribution in [2.75, 3.05) is 0 Å². The highest BCUT2D eigenvalue weighted by molar-refractivity contribution is 5.96. The van der Waals surface area contributed by atoms with Crippen LogP contribution in [0.3, 0.4) is 0 Å². The third-order valence-corrected chi connectivity index (χ3v) is 4.95. The van der Waals surface area contributed by atoms with Crippen molar-refractivity contribution in [2.24, 2.45) is 0 Å². The van der Waals surface area contributed by atoms with Crippen LogP contribution in [0.5, 0.6) is 0 Å². The minimum Gasteiger partial charge on any atom is -0.472 e. The Kier molecular flexibility index (Phi) is 3.33. The standard InChI is InChI=1S/C22H14N6O/c1-2-15(14-8-11-29-12-14)19-17(3-1)25-22(26-19)21-20-18(27-28-21)5-4-16(24-20)13-6-9-23-10-7-13/h1-12H,(H,25,26)(H,27,28). The molecule has 1 aromatic carbocycles. The number of imidazole rings is 1. The lowest BCUT2D eigenvalue weighted by molar-refractivity contribution is 0.568. The van der Waals surface area contributed by atoms with Crippen molar-refractivity contribution in [2.45, 2.75) is 0 Å². The molecular formula is C22H14N6O. The van der Waals surface area contributed by atoms with E-state index in [1.807, 2.05) is 48.5 Å². The van der Waals surface area contributed by atoms with E-state index in [0.29, 0.717) is 11.5 Å². The van der Waals surface area contributed by atoms with Crippen LogP contribution in [0.1, 0.15) is 0 Å². The number of benzene rings is 1. The molecule has 2 N–H and O–H groups in total. The Hall–Kier alpha value is -4.26. The van der Waals surface area contributed by atoms with E-state index >= 15 is 0 Å². The monoisotopic (exact) mass is 378 g/mol. The quantitative estimate of drug-likeness (QED) is 0.460. The molecule has 7 heteroatoms. The fourth-order valence-corrected chi connectivity index (χ4v) is 3.54. The molecule has 0 radical (unpaired) electrons. The zero-order valence-corrected chi connectivity index (χ0v) is 15.1. The third-order valence-electron chi connectivity index (χ3n) is 4.95. The van der Waals surface area contributed by atoms with Gasteiger partial charge >= 0.3 is 0 Å². The van der Waals surface area contributed by atoms with E-state index < -0.39 is 0 Å². The van der Waals surface area contributed by atoms with E-state index in [2.05, 4.69) is 20.2 Å². The highest BCUT2D eigenvalue weighted by atomic mass is 16.3. The maximum Gasteiger partial charge on any atom is 0.161 e. The van der Waals surface area contributed by atoms with Crippen molar-refractivity contribution in [1.29, 1.82) is 0 Å². The van der Waals surface area contributed by atoms with E-state index in [9.17, 15) is 0 Å². The van der Waals surface area contributed by atoms with Crippen LogP contribution in [0.2, 0.25) is 0 Å². The van der Waals surface area contributed by atoms with Crippen LogP contribution in [0, 0.1) is 0 Å². The van der Waals surface area contributed by atoms with Gasteiger partial charge in [-0.3, -0.25) is 10.1 Å². The Labute approximate surface area is 164 Å². The second-order valence-electron chi connectivity index (χ2n) is 6.70. The topological polar surface area (TPSA) is 96.3 Å². The Morgan fingerprint density at radius 2 is 1.72 bits per heavy atom. The molecule has 0 aliphatic rings. The second-order valence-corrected chi connectivity index (χ2v) is 6.70. The first-order valence-electron chi connectivity index (χ1n) is 9.14. The number of aromatic amines is 2. The summed E-state index contributed by atoms with van der Waals surface area (Å²) < 4.78 is 5.24. The first-order chi connectivity index (χ1) is 14.4. The molecule has 0 aliphatic heterocycles. The van der Waals surface area contributed by atoms with Crippen LogP contribution in [-0.2, 0) is 0 Å². The molecule has 6 rings (SSSR count). The number of aromatic nitrogens is 6. The second kappa shape index (κ2) is 6.13. The molecule has 0 unspecified atom stereocenters. The summed E-state index contributed by atoms with van der Waals surface area (Å²) in [5.74, 6) is 0.668. The van der Waals surface area contributed by atoms with Gasteiger partial charge in [0.25, 0.3) is 0 Å². The summed E-state index contributed by atoms with van der Waals surface area (Å²) >= 11 is 0. The average Bonchev–Trinajstić information content (AvgIpc) is 3.52. The van der Waals surface area contributed by atoms with Crippen LogP contribution in [-0.4, -0.2) is 30.1 Å². The van der Waals surface area contributed by atoms with Crippen LogP contribution in [0.25, 0.3) is 56.0 Å². The summed E-state index contributed by atoms with van der Waals surface area (Å²) in [7, 11) is 0. The maximum atomic E-state index is 5.24. The van der Waals surface area contributed by atoms with E-state index in [-0.39, 0.29) is 0 Å². The zero-order chi connectivity index (χ0) is 19.2. The Morgan fingerprint density at radius 3 is 2.59 bits per heavy atom. The number of fused-ring (bicyclic) bond motifs is 2. The van der Waals surface area contributed by atoms with E-state index in [0.717, 1.165) is 44.5 Å². The molecule has 0 amide bonds. The van der Waals surface area contributed by atoms with Gasteiger partial charge in [-0.1, -0.05) is 12.1 Å². The summed E-state index contributed by atoms with van der Waals surface area (Å²) in [4.78, 5) is 17.1. The minimum atomic E-state index is 0.668. The number of hydrogen-bond acceptors (Lipinski definition) is 5. The van der Waals surface area contributed by atoms with Crippen LogP contribution in [0.4, 0.5) is 0 Å². The van der Waals surface area contributed by atoms with Crippen LogP contribution >= 0.6 is 0 Å². The molecule has 29 heavy (non-hydrogen) atoms. The van der Waals surface area contributed by atoms with Gasteiger partial charge in [-0.15, -0.1) is 0 Å². The lowest BCUT2D eigenvalue weighted by Crippen LogP contribution is -1.87. The number of nitrogens with one attached hydrogen (secondary N) is 2. The molecular weight excluding hydrogens is 364 g/mol. The summed E-state index contributed by atoms with van der Waals surface area (Å²) in [5.41, 5.74) is 7.95.